The third kappa shape index (κ3) is 2.50. The van der Waals surface area contributed by atoms with Crippen LogP contribution in [-0.2, 0) is 12.4 Å². The summed E-state index contributed by atoms with van der Waals surface area (Å²) >= 11 is 0. The fourth-order valence-electron chi connectivity index (χ4n) is 4.44. The Morgan fingerprint density at radius 3 is 2.31 bits per heavy atom. The van der Waals surface area contributed by atoms with Gasteiger partial charge in [0.25, 0.3) is 0 Å². The number of hydrogen-bond acceptors (Lipinski definition) is 2. The van der Waals surface area contributed by atoms with Crippen LogP contribution in [0.1, 0.15) is 24.0 Å². The Hall–Kier alpha value is -0.0719. The topological polar surface area (TPSA) is 37.3 Å². The number of halogens is 2. The van der Waals surface area contributed by atoms with Gasteiger partial charge in [-0.2, -0.15) is 0 Å². The molecular formula is C19H28Cl2O2Si2Ti. The van der Waals surface area contributed by atoms with Gasteiger partial charge < -0.3 is 0 Å². The summed E-state index contributed by atoms with van der Waals surface area (Å²) < 4.78 is 15.9. The van der Waals surface area contributed by atoms with Crippen molar-refractivity contribution in [3.05, 3.63) is 53.6 Å². The van der Waals surface area contributed by atoms with E-state index in [4.69, 9.17) is 18.6 Å². The molecule has 0 saturated carbocycles. The molecule has 0 aromatic heterocycles. The number of hydrogen-bond donors (Lipinski definition) is 1. The molecule has 0 radical (unpaired) electrons. The average molecular weight is 463 g/mol. The van der Waals surface area contributed by atoms with Crippen LogP contribution in [0.15, 0.2) is 42.5 Å². The van der Waals surface area contributed by atoms with Crippen LogP contribution in [0, 0.1) is 0 Å². The average Bonchev–Trinajstić information content (AvgIpc) is 2.79. The summed E-state index contributed by atoms with van der Waals surface area (Å²) in [5.41, 5.74) is 4.49. The van der Waals surface area contributed by atoms with E-state index in [1.807, 2.05) is 37.4 Å². The molecule has 0 fully saturated rings. The van der Waals surface area contributed by atoms with Crippen LogP contribution < -0.4 is 3.87 Å². The standard InChI is InChI=1S/C14H11.C4H11OSi.CH3.2ClH.O.H3Si.Ti/c1-10-11-6-2-4-8-13(11)14-9-5-3-7-12(10)14;1-6(2)4-3-5;;;;;;/h2-6,8-10H,1H3;5H,3-4H2,1-2H3;1H3;2*1H;;1H3;/q;;;;;;;+2/p-2. The first kappa shape index (κ1) is 20.7. The summed E-state index contributed by atoms with van der Waals surface area (Å²) in [4.78, 5) is 0. The first-order chi connectivity index (χ1) is 11.6. The van der Waals surface area contributed by atoms with E-state index in [9.17, 15) is 5.11 Å². The molecule has 0 aliphatic heterocycles. The third-order valence-electron chi connectivity index (χ3n) is 7.46. The van der Waals surface area contributed by atoms with Crippen LogP contribution in [0.2, 0.25) is 24.4 Å². The molecule has 0 spiro atoms. The molecular weight excluding hydrogens is 435 g/mol. The molecule has 7 heteroatoms. The molecule has 1 unspecified atom stereocenters. The second-order valence-corrected chi connectivity index (χ2v) is 79.8. The number of benzene rings is 2. The predicted octanol–water partition coefficient (Wildman–Crippen LogP) is 4.38. The summed E-state index contributed by atoms with van der Waals surface area (Å²) in [5.74, 6) is -2.67. The van der Waals surface area contributed by atoms with Gasteiger partial charge in [0, 0.05) is 0 Å². The van der Waals surface area contributed by atoms with Crippen molar-refractivity contribution in [3.8, 4) is 11.1 Å². The SMILES string of the molecule is CC1c2ccccc2-c2ccc[c]([Ti]([CH3])(=[O])([SiH3])([Cl])([Cl])[Si](C)(C)CCO)c21. The summed E-state index contributed by atoms with van der Waals surface area (Å²) in [6.45, 7) is 6.04. The van der Waals surface area contributed by atoms with Crippen LogP contribution in [0.4, 0.5) is 0 Å². The maximum atomic E-state index is 15.2. The van der Waals surface area contributed by atoms with E-state index in [0.717, 1.165) is 11.1 Å². The maximum absolute atomic E-state index is 15.2. The van der Waals surface area contributed by atoms with Gasteiger partial charge in [-0.15, -0.1) is 0 Å². The Bertz CT molecular complexity index is 1040. The Morgan fingerprint density at radius 2 is 1.69 bits per heavy atom. The molecule has 1 N–H and O–H groups in total. The normalized spacial score (nSPS) is 21.2. The van der Waals surface area contributed by atoms with Gasteiger partial charge in [-0.3, -0.25) is 0 Å². The summed E-state index contributed by atoms with van der Waals surface area (Å²) in [5, 5.41) is 11.3. The molecule has 2 aromatic carbocycles. The fraction of sp³-hybridized carbons (Fsp3) is 0.368. The number of aliphatic hydroxyl groups is 1. The van der Waals surface area contributed by atoms with E-state index >= 15 is 3.32 Å². The number of fused-ring (bicyclic) bond motifs is 3. The number of rotatable bonds is 4. The zero-order valence-electron chi connectivity index (χ0n) is 16.1. The number of aliphatic hydroxyl groups excluding tert-OH is 1. The van der Waals surface area contributed by atoms with Crippen molar-refractivity contribution in [1.82, 2.24) is 0 Å². The molecule has 0 saturated heterocycles. The molecule has 26 heavy (non-hydrogen) atoms. The molecule has 0 amide bonds. The van der Waals surface area contributed by atoms with Crippen LogP contribution in [0.3, 0.4) is 0 Å². The van der Waals surface area contributed by atoms with Crippen molar-refractivity contribution < 1.29 is 17.5 Å². The van der Waals surface area contributed by atoms with E-state index in [1.54, 1.807) is 5.23 Å². The second kappa shape index (κ2) is 4.91. The van der Waals surface area contributed by atoms with Gasteiger partial charge >= 0.3 is 163 Å². The van der Waals surface area contributed by atoms with Crippen LogP contribution in [0.25, 0.3) is 11.1 Å². The van der Waals surface area contributed by atoms with E-state index in [-0.39, 0.29) is 20.6 Å². The Kier molecular flexibility index (Phi) is 3.90. The van der Waals surface area contributed by atoms with E-state index in [2.05, 4.69) is 25.1 Å². The van der Waals surface area contributed by atoms with Gasteiger partial charge in [0.1, 0.15) is 0 Å². The van der Waals surface area contributed by atoms with Gasteiger partial charge in [-0.05, 0) is 0 Å². The van der Waals surface area contributed by atoms with Gasteiger partial charge in [0.05, 0.1) is 0 Å². The van der Waals surface area contributed by atoms with Crippen molar-refractivity contribution in [2.75, 3.05) is 6.61 Å². The second-order valence-electron chi connectivity index (χ2n) is 10.0. The Morgan fingerprint density at radius 1 is 1.12 bits per heavy atom. The van der Waals surface area contributed by atoms with Gasteiger partial charge in [0.2, 0.25) is 0 Å². The molecule has 3 rings (SSSR count). The molecule has 0 heterocycles. The molecule has 1 aliphatic rings. The van der Waals surface area contributed by atoms with Gasteiger partial charge in [-0.1, -0.05) is 0 Å². The minimum atomic E-state index is -6.31. The van der Waals surface area contributed by atoms with Crippen LogP contribution in [0.5, 0.6) is 0 Å². The Balaban J connectivity index is 2.47. The molecule has 1 atom stereocenters. The predicted molar refractivity (Wildman–Crippen MR) is 117 cm³/mol. The quantitative estimate of drug-likeness (QED) is 0.684. The first-order valence-corrected chi connectivity index (χ1v) is 27.7. The van der Waals surface area contributed by atoms with Crippen molar-refractivity contribution in [1.29, 1.82) is 0 Å². The van der Waals surface area contributed by atoms with Crippen LogP contribution >= 0.6 is 18.6 Å². The molecule has 1 aliphatic carbocycles. The summed E-state index contributed by atoms with van der Waals surface area (Å²) in [7, 11) is 8.64. The monoisotopic (exact) mass is 462 g/mol. The first-order valence-electron chi connectivity index (χ1n) is 9.23. The molecule has 0 bridgehead atoms. The van der Waals surface area contributed by atoms with E-state index in [0.29, 0.717) is 9.91 Å². The summed E-state index contributed by atoms with van der Waals surface area (Å²) in [6, 6.07) is 14.6. The van der Waals surface area contributed by atoms with Crippen LogP contribution in [-0.4, -0.2) is 25.8 Å². The van der Waals surface area contributed by atoms with Crippen molar-refractivity contribution in [3.63, 3.8) is 0 Å². The third-order valence-corrected chi connectivity index (χ3v) is 76.5. The zero-order chi connectivity index (χ0) is 19.7. The molecule has 2 aromatic rings. The van der Waals surface area contributed by atoms with Crippen molar-refractivity contribution >= 4 is 36.5 Å². The van der Waals surface area contributed by atoms with Gasteiger partial charge in [-0.25, -0.2) is 0 Å². The Labute approximate surface area is 161 Å². The molecule has 142 valence electrons. The fourth-order valence-corrected chi connectivity index (χ4v) is 27.6. The van der Waals surface area contributed by atoms with E-state index in [1.165, 1.54) is 11.1 Å². The summed E-state index contributed by atoms with van der Waals surface area (Å²) in [6.07, 6.45) is 0. The van der Waals surface area contributed by atoms with Crippen molar-refractivity contribution in [2.45, 2.75) is 37.2 Å². The van der Waals surface area contributed by atoms with E-state index < -0.39 is 15.0 Å². The minimum absolute atomic E-state index is 0.0473. The molecule has 2 nitrogen and oxygen atoms in total. The zero-order valence-corrected chi connectivity index (χ0v) is 22.2. The van der Waals surface area contributed by atoms with Gasteiger partial charge in [0.15, 0.2) is 0 Å². The van der Waals surface area contributed by atoms with Crippen molar-refractivity contribution in [2.24, 2.45) is 0 Å².